The topological polar surface area (TPSA) is 34.1 Å². The van der Waals surface area contributed by atoms with Crippen LogP contribution < -0.4 is 10.6 Å². The van der Waals surface area contributed by atoms with E-state index in [2.05, 4.69) is 59.7 Å². The van der Waals surface area contributed by atoms with Crippen LogP contribution in [-0.4, -0.2) is 10.3 Å². The summed E-state index contributed by atoms with van der Waals surface area (Å²) in [6, 6.07) is 27.9. The lowest BCUT2D eigenvalue weighted by Crippen LogP contribution is -2.25. The van der Waals surface area contributed by atoms with Gasteiger partial charge in [0.1, 0.15) is 14.3 Å². The van der Waals surface area contributed by atoms with Crippen LogP contribution in [0.4, 0.5) is 0 Å². The molecule has 4 heteroatoms. The average Bonchev–Trinajstić information content (AvgIpc) is 2.73. The van der Waals surface area contributed by atoms with E-state index >= 15 is 0 Å². The lowest BCUT2D eigenvalue weighted by Gasteiger charge is -2.33. The van der Waals surface area contributed by atoms with Crippen molar-refractivity contribution in [2.75, 3.05) is 0 Å². The molecule has 0 saturated carbocycles. The van der Waals surface area contributed by atoms with Crippen LogP contribution in [-0.2, 0) is 21.5 Å². The second-order valence-corrected chi connectivity index (χ2v) is 17.9. The molecule has 0 bridgehead atoms. The maximum Gasteiger partial charge on any atom is 0.124 e. The zero-order chi connectivity index (χ0) is 23.6. The molecule has 0 aliphatic heterocycles. The van der Waals surface area contributed by atoms with Crippen molar-refractivity contribution in [3.05, 3.63) is 96.1 Å². The third kappa shape index (κ3) is 5.03. The predicted molar refractivity (Wildman–Crippen MR) is 141 cm³/mol. The molecule has 0 radical (unpaired) electrons. The largest absolute Gasteiger partial charge is 0.318 e. The lowest BCUT2D eigenvalue weighted by atomic mass is 10.2. The fourth-order valence-corrected chi connectivity index (χ4v) is 9.70. The Balaban J connectivity index is 1.99. The Bertz CT molecular complexity index is 1050. The number of hydrogen-bond donors (Lipinski definition) is 0. The lowest BCUT2D eigenvalue weighted by molar-refractivity contribution is 0.555. The van der Waals surface area contributed by atoms with Crippen molar-refractivity contribution in [2.45, 2.75) is 64.2 Å². The van der Waals surface area contributed by atoms with Crippen LogP contribution in [0, 0.1) is 0 Å². The predicted octanol–water partition coefficient (Wildman–Crippen LogP) is 7.66. The van der Waals surface area contributed by atoms with Gasteiger partial charge in [0.05, 0.1) is 0 Å². The highest BCUT2D eigenvalue weighted by molar-refractivity contribution is 7.72. The van der Waals surface area contributed by atoms with E-state index in [-0.39, 0.29) is 10.3 Å². The molecule has 0 spiro atoms. The van der Waals surface area contributed by atoms with Gasteiger partial charge >= 0.3 is 0 Å². The van der Waals surface area contributed by atoms with Crippen LogP contribution in [0.1, 0.15) is 52.7 Å². The average molecular weight is 467 g/mol. The molecule has 3 rings (SSSR count). The van der Waals surface area contributed by atoms with Gasteiger partial charge in [-0.3, -0.25) is 0 Å². The van der Waals surface area contributed by atoms with Gasteiger partial charge in [0.2, 0.25) is 0 Å². The van der Waals surface area contributed by atoms with Crippen LogP contribution in [0.15, 0.2) is 84.9 Å². The van der Waals surface area contributed by atoms with E-state index in [9.17, 15) is 9.13 Å². The Morgan fingerprint density at radius 3 is 1.19 bits per heavy atom. The molecular formula is C28H36O2P2. The van der Waals surface area contributed by atoms with E-state index in [1.54, 1.807) is 0 Å². The molecule has 3 aromatic carbocycles. The quantitative estimate of drug-likeness (QED) is 0.350. The number of rotatable bonds is 6. The molecule has 0 aromatic heterocycles. The summed E-state index contributed by atoms with van der Waals surface area (Å²) in [4.78, 5) is 0. The van der Waals surface area contributed by atoms with Gasteiger partial charge < -0.3 is 9.13 Å². The van der Waals surface area contributed by atoms with E-state index in [0.29, 0.717) is 12.3 Å². The normalized spacial score (nSPS) is 16.2. The molecule has 0 heterocycles. The van der Waals surface area contributed by atoms with Crippen molar-refractivity contribution in [3.63, 3.8) is 0 Å². The van der Waals surface area contributed by atoms with Crippen molar-refractivity contribution in [2.24, 2.45) is 0 Å². The van der Waals surface area contributed by atoms with Gasteiger partial charge in [-0.05, 0) is 11.1 Å². The van der Waals surface area contributed by atoms with Crippen LogP contribution in [0.3, 0.4) is 0 Å². The van der Waals surface area contributed by atoms with Crippen LogP contribution in [0.5, 0.6) is 0 Å². The molecule has 3 aromatic rings. The van der Waals surface area contributed by atoms with Gasteiger partial charge in [-0.25, -0.2) is 0 Å². The van der Waals surface area contributed by atoms with E-state index in [0.717, 1.165) is 21.7 Å². The van der Waals surface area contributed by atoms with E-state index in [4.69, 9.17) is 0 Å². The Labute approximate surface area is 194 Å². The maximum absolute atomic E-state index is 14.3. The molecule has 2 atom stereocenters. The summed E-state index contributed by atoms with van der Waals surface area (Å²) in [7, 11) is -5.42. The molecule has 2 nitrogen and oxygen atoms in total. The molecule has 0 aliphatic carbocycles. The Morgan fingerprint density at radius 2 is 0.875 bits per heavy atom. The monoisotopic (exact) mass is 466 g/mol. The highest BCUT2D eigenvalue weighted by Gasteiger charge is 2.39. The first-order valence-electron chi connectivity index (χ1n) is 11.2. The van der Waals surface area contributed by atoms with E-state index in [1.807, 2.05) is 66.7 Å². The third-order valence-corrected chi connectivity index (χ3v) is 14.5. The number of benzene rings is 3. The highest BCUT2D eigenvalue weighted by atomic mass is 31.2. The van der Waals surface area contributed by atoms with Crippen molar-refractivity contribution in [1.82, 2.24) is 0 Å². The van der Waals surface area contributed by atoms with Crippen LogP contribution in [0.25, 0.3) is 0 Å². The second-order valence-electron chi connectivity index (χ2n) is 10.6. The second kappa shape index (κ2) is 9.17. The van der Waals surface area contributed by atoms with Crippen LogP contribution >= 0.6 is 14.3 Å². The van der Waals surface area contributed by atoms with Gasteiger partial charge in [-0.2, -0.15) is 0 Å². The van der Waals surface area contributed by atoms with Crippen molar-refractivity contribution in [3.8, 4) is 0 Å². The summed E-state index contributed by atoms with van der Waals surface area (Å²) in [6.45, 7) is 12.4. The summed E-state index contributed by atoms with van der Waals surface area (Å²) >= 11 is 0. The Hall–Kier alpha value is -1.88. The molecule has 0 saturated heterocycles. The minimum absolute atomic E-state index is 0.352. The molecule has 0 aliphatic rings. The van der Waals surface area contributed by atoms with E-state index in [1.165, 1.54) is 0 Å². The van der Waals surface area contributed by atoms with E-state index < -0.39 is 14.3 Å². The molecule has 0 amide bonds. The Kier molecular flexibility index (Phi) is 7.09. The third-order valence-electron chi connectivity index (χ3n) is 6.32. The standard InChI is InChI=1S/C28H36O2P2/c1-27(2,3)31(29,25-16-9-7-10-17-25)21-23-14-13-15-24(20-23)22-32(30,28(4,5)6)26-18-11-8-12-19-26/h7-20H,21-22H2,1-6H3/t31-,32-/m1/s1. The highest BCUT2D eigenvalue weighted by Crippen LogP contribution is 2.60. The molecule has 0 N–H and O–H groups in total. The summed E-state index contributed by atoms with van der Waals surface area (Å²) < 4.78 is 28.7. The molecule has 170 valence electrons. The molecule has 0 unspecified atom stereocenters. The van der Waals surface area contributed by atoms with Gasteiger partial charge in [-0.1, -0.05) is 126 Å². The van der Waals surface area contributed by atoms with Gasteiger partial charge in [0.15, 0.2) is 0 Å². The molecule has 32 heavy (non-hydrogen) atoms. The minimum Gasteiger partial charge on any atom is -0.318 e. The minimum atomic E-state index is -2.71. The van der Waals surface area contributed by atoms with Gasteiger partial charge in [0, 0.05) is 33.2 Å². The van der Waals surface area contributed by atoms with Crippen molar-refractivity contribution in [1.29, 1.82) is 0 Å². The maximum atomic E-state index is 14.3. The zero-order valence-electron chi connectivity index (χ0n) is 20.2. The molecule has 0 fully saturated rings. The summed E-state index contributed by atoms with van der Waals surface area (Å²) in [5, 5.41) is 1.13. The molecular weight excluding hydrogens is 430 g/mol. The van der Waals surface area contributed by atoms with Crippen LogP contribution in [0.2, 0.25) is 0 Å². The SMILES string of the molecule is CC(C)(C)[P@@](=O)(Cc1cccc(C[P@@](=O)(c2ccccc2)C(C)(C)C)c1)c1ccccc1. The van der Waals surface area contributed by atoms with Gasteiger partial charge in [0.25, 0.3) is 0 Å². The number of hydrogen-bond acceptors (Lipinski definition) is 2. The summed E-state index contributed by atoms with van der Waals surface area (Å²) in [5.41, 5.74) is 2.08. The Morgan fingerprint density at radius 1 is 0.531 bits per heavy atom. The zero-order valence-corrected chi connectivity index (χ0v) is 22.0. The van der Waals surface area contributed by atoms with Crippen molar-refractivity contribution < 1.29 is 9.13 Å². The summed E-state index contributed by atoms with van der Waals surface area (Å²) in [5.74, 6) is 0. The summed E-state index contributed by atoms with van der Waals surface area (Å²) in [6.07, 6.45) is 0.999. The first-order chi connectivity index (χ1) is 14.9. The van der Waals surface area contributed by atoms with Crippen molar-refractivity contribution >= 4 is 24.9 Å². The van der Waals surface area contributed by atoms with Gasteiger partial charge in [-0.15, -0.1) is 0 Å². The fourth-order valence-electron chi connectivity index (χ4n) is 4.11. The fraction of sp³-hybridized carbons (Fsp3) is 0.357. The first-order valence-corrected chi connectivity index (χ1v) is 15.0. The first kappa shape index (κ1) is 24.8. The smallest absolute Gasteiger partial charge is 0.124 e.